The lowest BCUT2D eigenvalue weighted by Gasteiger charge is -2.09. The Labute approximate surface area is 104 Å². The molecule has 1 aromatic carbocycles. The number of fused-ring (bicyclic) bond motifs is 1. The Morgan fingerprint density at radius 2 is 2.00 bits per heavy atom. The van der Waals surface area contributed by atoms with Crippen LogP contribution >= 0.6 is 22.6 Å². The first-order chi connectivity index (χ1) is 7.52. The highest BCUT2D eigenvalue weighted by molar-refractivity contribution is 14.1. The molecule has 0 unspecified atom stereocenters. The molecule has 2 rings (SSSR count). The van der Waals surface area contributed by atoms with Crippen molar-refractivity contribution < 1.29 is 19.5 Å². The van der Waals surface area contributed by atoms with E-state index in [4.69, 9.17) is 5.11 Å². The molecule has 0 saturated carbocycles. The second kappa shape index (κ2) is 3.85. The first-order valence-corrected chi connectivity index (χ1v) is 5.46. The lowest BCUT2D eigenvalue weighted by molar-refractivity contribution is -0.137. The molecule has 0 fully saturated rings. The van der Waals surface area contributed by atoms with Crippen molar-refractivity contribution in [3.8, 4) is 0 Å². The fourth-order valence-corrected chi connectivity index (χ4v) is 2.30. The molecule has 0 aromatic heterocycles. The van der Waals surface area contributed by atoms with E-state index < -0.39 is 24.3 Å². The smallest absolute Gasteiger partial charge is 0.323 e. The van der Waals surface area contributed by atoms with Crippen LogP contribution in [-0.2, 0) is 4.79 Å². The summed E-state index contributed by atoms with van der Waals surface area (Å²) in [7, 11) is 0. The zero-order valence-corrected chi connectivity index (χ0v) is 10.1. The van der Waals surface area contributed by atoms with Crippen molar-refractivity contribution in [3.05, 3.63) is 32.9 Å². The number of aliphatic carboxylic acids is 1. The van der Waals surface area contributed by atoms with Crippen LogP contribution in [0.25, 0.3) is 0 Å². The van der Waals surface area contributed by atoms with E-state index in [1.54, 1.807) is 12.1 Å². The zero-order valence-electron chi connectivity index (χ0n) is 7.94. The molecule has 1 aromatic rings. The summed E-state index contributed by atoms with van der Waals surface area (Å²) in [5.41, 5.74) is 0.576. The maximum Gasteiger partial charge on any atom is 0.323 e. The molecule has 1 N–H and O–H groups in total. The van der Waals surface area contributed by atoms with E-state index in [0.717, 1.165) is 4.90 Å². The van der Waals surface area contributed by atoms with E-state index in [-0.39, 0.29) is 5.56 Å². The van der Waals surface area contributed by atoms with Gasteiger partial charge in [0, 0.05) is 3.57 Å². The molecule has 2 amide bonds. The number of rotatable bonds is 2. The third-order valence-corrected chi connectivity index (χ3v) is 3.14. The number of imide groups is 1. The van der Waals surface area contributed by atoms with Gasteiger partial charge in [-0.15, -0.1) is 0 Å². The number of halogens is 1. The molecular formula is C10H6INO4. The minimum atomic E-state index is -1.20. The monoisotopic (exact) mass is 331 g/mol. The molecule has 0 atom stereocenters. The molecule has 0 bridgehead atoms. The normalized spacial score (nSPS) is 14.2. The quantitative estimate of drug-likeness (QED) is 0.647. The number of nitrogens with zero attached hydrogens (tertiary/aromatic N) is 1. The molecule has 0 radical (unpaired) electrons. The van der Waals surface area contributed by atoms with Gasteiger partial charge in [0.2, 0.25) is 0 Å². The van der Waals surface area contributed by atoms with Gasteiger partial charge >= 0.3 is 5.97 Å². The summed E-state index contributed by atoms with van der Waals surface area (Å²) in [5, 5.41) is 8.61. The summed E-state index contributed by atoms with van der Waals surface area (Å²) in [6.07, 6.45) is 0. The maximum absolute atomic E-state index is 11.8. The second-order valence-corrected chi connectivity index (χ2v) is 4.41. The highest BCUT2D eigenvalue weighted by Crippen LogP contribution is 2.26. The Bertz CT molecular complexity index is 512. The van der Waals surface area contributed by atoms with Gasteiger partial charge in [0.05, 0.1) is 11.1 Å². The standard InChI is InChI=1S/C10H6INO4/c11-6-3-1-2-5-8(6)10(16)12(9(5)15)4-7(13)14/h1-3H,4H2,(H,13,14). The zero-order chi connectivity index (χ0) is 11.9. The van der Waals surface area contributed by atoms with Gasteiger partial charge in [0.25, 0.3) is 11.8 Å². The average molecular weight is 331 g/mol. The molecule has 1 aliphatic rings. The van der Waals surface area contributed by atoms with Crippen molar-refractivity contribution >= 4 is 40.4 Å². The highest BCUT2D eigenvalue weighted by Gasteiger charge is 2.37. The Kier molecular flexibility index (Phi) is 2.66. The highest BCUT2D eigenvalue weighted by atomic mass is 127. The summed E-state index contributed by atoms with van der Waals surface area (Å²) in [6, 6.07) is 4.89. The minimum absolute atomic E-state index is 0.276. The number of carboxylic acid groups (broad SMARTS) is 1. The van der Waals surface area contributed by atoms with Gasteiger partial charge in [0.15, 0.2) is 0 Å². The van der Waals surface area contributed by atoms with Crippen molar-refractivity contribution in [2.24, 2.45) is 0 Å². The molecule has 82 valence electrons. The van der Waals surface area contributed by atoms with Crippen LogP contribution in [0.5, 0.6) is 0 Å². The van der Waals surface area contributed by atoms with Crippen molar-refractivity contribution in [3.63, 3.8) is 0 Å². The van der Waals surface area contributed by atoms with Crippen molar-refractivity contribution in [1.29, 1.82) is 0 Å². The van der Waals surface area contributed by atoms with E-state index in [1.165, 1.54) is 6.07 Å². The number of carboxylic acids is 1. The number of hydrogen-bond acceptors (Lipinski definition) is 3. The second-order valence-electron chi connectivity index (χ2n) is 3.25. The molecule has 1 aliphatic heterocycles. The number of carbonyl (C=O) groups is 3. The molecule has 5 nitrogen and oxygen atoms in total. The Morgan fingerprint density at radius 3 is 2.56 bits per heavy atom. The molecule has 6 heteroatoms. The summed E-state index contributed by atoms with van der Waals surface area (Å²) >= 11 is 1.95. The summed E-state index contributed by atoms with van der Waals surface area (Å²) < 4.78 is 0.654. The van der Waals surface area contributed by atoms with Gasteiger partial charge in [-0.2, -0.15) is 0 Å². The Hall–Kier alpha value is -1.44. The molecule has 0 saturated heterocycles. The van der Waals surface area contributed by atoms with Gasteiger partial charge in [-0.3, -0.25) is 19.3 Å². The Morgan fingerprint density at radius 1 is 1.31 bits per heavy atom. The van der Waals surface area contributed by atoms with Crippen molar-refractivity contribution in [2.45, 2.75) is 0 Å². The van der Waals surface area contributed by atoms with Crippen molar-refractivity contribution in [1.82, 2.24) is 4.90 Å². The van der Waals surface area contributed by atoms with E-state index in [9.17, 15) is 14.4 Å². The van der Waals surface area contributed by atoms with Gasteiger partial charge < -0.3 is 5.11 Å². The first kappa shape index (κ1) is 11.1. The van der Waals surface area contributed by atoms with E-state index in [1.807, 2.05) is 22.6 Å². The number of hydrogen-bond donors (Lipinski definition) is 1. The van der Waals surface area contributed by atoms with Crippen LogP contribution in [0.15, 0.2) is 18.2 Å². The largest absolute Gasteiger partial charge is 0.480 e. The van der Waals surface area contributed by atoms with Crippen LogP contribution in [0.3, 0.4) is 0 Å². The SMILES string of the molecule is O=C(O)CN1C(=O)c2cccc(I)c2C1=O. The van der Waals surface area contributed by atoms with Gasteiger partial charge in [0.1, 0.15) is 6.54 Å². The summed E-state index contributed by atoms with van der Waals surface area (Å²) in [4.78, 5) is 34.8. The van der Waals surface area contributed by atoms with E-state index >= 15 is 0 Å². The fourth-order valence-electron chi connectivity index (χ4n) is 1.57. The van der Waals surface area contributed by atoms with Crippen LogP contribution in [-0.4, -0.2) is 34.3 Å². The molecule has 0 spiro atoms. The molecular weight excluding hydrogens is 325 g/mol. The van der Waals surface area contributed by atoms with Crippen LogP contribution in [0, 0.1) is 3.57 Å². The number of benzene rings is 1. The average Bonchev–Trinajstić information content (AvgIpc) is 2.44. The third-order valence-electron chi connectivity index (χ3n) is 2.24. The van der Waals surface area contributed by atoms with Crippen molar-refractivity contribution in [2.75, 3.05) is 6.54 Å². The van der Waals surface area contributed by atoms with Crippen LogP contribution in [0.2, 0.25) is 0 Å². The minimum Gasteiger partial charge on any atom is -0.480 e. The summed E-state index contributed by atoms with van der Waals surface area (Å²) in [5.74, 6) is -2.28. The topological polar surface area (TPSA) is 74.7 Å². The fraction of sp³-hybridized carbons (Fsp3) is 0.100. The number of carbonyl (C=O) groups excluding carboxylic acids is 2. The molecule has 1 heterocycles. The van der Waals surface area contributed by atoms with E-state index in [2.05, 4.69) is 0 Å². The summed E-state index contributed by atoms with van der Waals surface area (Å²) in [6.45, 7) is -0.595. The first-order valence-electron chi connectivity index (χ1n) is 4.39. The Balaban J connectivity index is 2.48. The van der Waals surface area contributed by atoms with Gasteiger partial charge in [-0.05, 0) is 34.7 Å². The maximum atomic E-state index is 11.8. The van der Waals surface area contributed by atoms with Crippen LogP contribution < -0.4 is 0 Å². The van der Waals surface area contributed by atoms with Gasteiger partial charge in [-0.1, -0.05) is 6.07 Å². The van der Waals surface area contributed by atoms with Crippen LogP contribution in [0.4, 0.5) is 0 Å². The predicted molar refractivity (Wildman–Crippen MR) is 62.2 cm³/mol. The third kappa shape index (κ3) is 1.58. The lowest BCUT2D eigenvalue weighted by atomic mass is 10.1. The number of amides is 2. The predicted octanol–water partition coefficient (Wildman–Crippen LogP) is 0.972. The van der Waals surface area contributed by atoms with Crippen LogP contribution in [0.1, 0.15) is 20.7 Å². The molecule has 16 heavy (non-hydrogen) atoms. The van der Waals surface area contributed by atoms with Gasteiger partial charge in [-0.25, -0.2) is 0 Å². The van der Waals surface area contributed by atoms with E-state index in [0.29, 0.717) is 9.13 Å². The molecule has 0 aliphatic carbocycles. The lowest BCUT2D eigenvalue weighted by Crippen LogP contribution is -2.34.